The van der Waals surface area contributed by atoms with E-state index in [2.05, 4.69) is 4.90 Å². The highest BCUT2D eigenvalue weighted by Crippen LogP contribution is 2.31. The molecule has 0 saturated heterocycles. The van der Waals surface area contributed by atoms with Crippen LogP contribution in [0, 0.1) is 0 Å². The minimum Gasteiger partial charge on any atom is -0.372 e. The molecule has 6 heteroatoms. The first-order valence-electron chi connectivity index (χ1n) is 9.79. The average Bonchev–Trinajstić information content (AvgIpc) is 2.94. The molecule has 0 spiro atoms. The smallest absolute Gasteiger partial charge is 0.262 e. The van der Waals surface area contributed by atoms with Crippen molar-refractivity contribution in [1.82, 2.24) is 4.90 Å². The van der Waals surface area contributed by atoms with Gasteiger partial charge in [0.2, 0.25) is 0 Å². The van der Waals surface area contributed by atoms with Crippen LogP contribution in [0.2, 0.25) is 0 Å². The van der Waals surface area contributed by atoms with Gasteiger partial charge in [0.15, 0.2) is 5.78 Å². The van der Waals surface area contributed by atoms with E-state index in [1.165, 1.54) is 0 Å². The number of rotatable bonds is 4. The average molecular weight is 370 g/mol. The van der Waals surface area contributed by atoms with E-state index in [1.807, 2.05) is 19.9 Å². The second-order valence-corrected chi connectivity index (χ2v) is 7.15. The van der Waals surface area contributed by atoms with Crippen LogP contribution in [0.25, 0.3) is 0 Å². The number of hydrogen-bond acceptors (Lipinski definition) is 5. The maximum Gasteiger partial charge on any atom is 0.262 e. The summed E-state index contributed by atoms with van der Waals surface area (Å²) in [4.78, 5) is 53.7. The van der Waals surface area contributed by atoms with Gasteiger partial charge >= 0.3 is 0 Å². The number of anilines is 1. The van der Waals surface area contributed by atoms with Gasteiger partial charge in [-0.2, -0.15) is 0 Å². The molecule has 1 heterocycles. The van der Waals surface area contributed by atoms with E-state index < -0.39 is 17.9 Å². The molecule has 3 rings (SSSR count). The van der Waals surface area contributed by atoms with Crippen molar-refractivity contribution in [2.45, 2.75) is 58.4 Å². The van der Waals surface area contributed by atoms with Gasteiger partial charge in [-0.15, -0.1) is 0 Å². The molecule has 0 aromatic heterocycles. The molecule has 1 saturated carbocycles. The standard InChI is InChI=1S/C21H26N2O4/c1-3-22(4-2)14-9-11-16-17(13-14)21(27)23(20(16)26)18-12-10-15(24)7-5-6-8-19(18)25/h9,11,13,18H,3-8,10,12H2,1-2H3. The topological polar surface area (TPSA) is 74.8 Å². The minimum atomic E-state index is -0.837. The molecule has 2 aliphatic rings. The summed E-state index contributed by atoms with van der Waals surface area (Å²) in [5, 5.41) is 0. The van der Waals surface area contributed by atoms with Crippen molar-refractivity contribution in [2.24, 2.45) is 0 Å². The number of amides is 2. The van der Waals surface area contributed by atoms with Crippen LogP contribution in [-0.2, 0) is 9.59 Å². The van der Waals surface area contributed by atoms with Gasteiger partial charge < -0.3 is 4.90 Å². The summed E-state index contributed by atoms with van der Waals surface area (Å²) in [6.45, 7) is 5.65. The van der Waals surface area contributed by atoms with Crippen LogP contribution in [0.4, 0.5) is 5.69 Å². The van der Waals surface area contributed by atoms with Crippen molar-refractivity contribution in [2.75, 3.05) is 18.0 Å². The summed E-state index contributed by atoms with van der Waals surface area (Å²) in [5.74, 6) is -0.876. The Bertz CT molecular complexity index is 782. The minimum absolute atomic E-state index is 0.0927. The van der Waals surface area contributed by atoms with Crippen molar-refractivity contribution in [1.29, 1.82) is 0 Å². The predicted molar refractivity (Wildman–Crippen MR) is 102 cm³/mol. The summed E-state index contributed by atoms with van der Waals surface area (Å²) in [7, 11) is 0. The Hall–Kier alpha value is -2.50. The third kappa shape index (κ3) is 3.66. The van der Waals surface area contributed by atoms with Gasteiger partial charge in [0.25, 0.3) is 11.8 Å². The van der Waals surface area contributed by atoms with Crippen molar-refractivity contribution < 1.29 is 19.2 Å². The number of benzene rings is 1. The van der Waals surface area contributed by atoms with Gasteiger partial charge in [0, 0.05) is 38.0 Å². The molecule has 0 radical (unpaired) electrons. The van der Waals surface area contributed by atoms with E-state index in [9.17, 15) is 19.2 Å². The maximum atomic E-state index is 13.0. The van der Waals surface area contributed by atoms with Crippen molar-refractivity contribution >= 4 is 29.1 Å². The zero-order chi connectivity index (χ0) is 19.6. The Kier molecular flexibility index (Phi) is 5.73. The largest absolute Gasteiger partial charge is 0.372 e. The SMILES string of the molecule is CCN(CC)c1ccc2c(c1)C(=O)N(C1CCC(=O)CCCCC1=O)C2=O. The van der Waals surface area contributed by atoms with Crippen molar-refractivity contribution in [3.63, 3.8) is 0 Å². The van der Waals surface area contributed by atoms with Crippen LogP contribution in [-0.4, -0.2) is 47.4 Å². The van der Waals surface area contributed by atoms with Crippen LogP contribution in [0.5, 0.6) is 0 Å². The van der Waals surface area contributed by atoms with Crippen LogP contribution >= 0.6 is 0 Å². The lowest BCUT2D eigenvalue weighted by Gasteiger charge is -2.24. The van der Waals surface area contributed by atoms with Crippen molar-refractivity contribution in [3.05, 3.63) is 29.3 Å². The maximum absolute atomic E-state index is 13.0. The predicted octanol–water partition coefficient (Wildman–Crippen LogP) is 2.99. The molecule has 1 aliphatic heterocycles. The first kappa shape index (κ1) is 19.3. The number of nitrogens with zero attached hydrogens (tertiary/aromatic N) is 2. The number of carbonyl (C=O) groups is 4. The molecule has 0 N–H and O–H groups in total. The lowest BCUT2D eigenvalue weighted by atomic mass is 10.0. The quantitative estimate of drug-likeness (QED) is 0.762. The van der Waals surface area contributed by atoms with E-state index in [-0.39, 0.29) is 24.4 Å². The van der Waals surface area contributed by atoms with Crippen molar-refractivity contribution in [3.8, 4) is 0 Å². The highest BCUT2D eigenvalue weighted by atomic mass is 16.2. The first-order valence-corrected chi connectivity index (χ1v) is 9.79. The lowest BCUT2D eigenvalue weighted by Crippen LogP contribution is -2.45. The highest BCUT2D eigenvalue weighted by molar-refractivity contribution is 6.23. The number of hydrogen-bond donors (Lipinski definition) is 0. The second kappa shape index (κ2) is 8.03. The molecule has 1 unspecified atom stereocenters. The van der Waals surface area contributed by atoms with Gasteiger partial charge in [-0.05, 0) is 51.3 Å². The Morgan fingerprint density at radius 1 is 0.926 bits per heavy atom. The van der Waals surface area contributed by atoms with E-state index in [0.717, 1.165) is 23.7 Å². The molecule has 0 bridgehead atoms. The number of imide groups is 1. The van der Waals surface area contributed by atoms with Gasteiger partial charge in [-0.25, -0.2) is 0 Å². The Balaban J connectivity index is 1.92. The van der Waals surface area contributed by atoms with Crippen LogP contribution in [0.1, 0.15) is 73.1 Å². The lowest BCUT2D eigenvalue weighted by molar-refractivity contribution is -0.123. The third-order valence-electron chi connectivity index (χ3n) is 5.54. The fourth-order valence-corrected chi connectivity index (χ4v) is 3.96. The van der Waals surface area contributed by atoms with Crippen LogP contribution < -0.4 is 4.90 Å². The summed E-state index contributed by atoms with van der Waals surface area (Å²) >= 11 is 0. The number of fused-ring (bicyclic) bond motifs is 1. The molecular weight excluding hydrogens is 344 g/mol. The Morgan fingerprint density at radius 2 is 1.59 bits per heavy atom. The molecule has 6 nitrogen and oxygen atoms in total. The highest BCUT2D eigenvalue weighted by Gasteiger charge is 2.42. The van der Waals surface area contributed by atoms with E-state index >= 15 is 0 Å². The molecular formula is C21H26N2O4. The van der Waals surface area contributed by atoms with E-state index in [1.54, 1.807) is 12.1 Å². The zero-order valence-corrected chi connectivity index (χ0v) is 16.0. The van der Waals surface area contributed by atoms with Crippen LogP contribution in [0.15, 0.2) is 18.2 Å². The fraction of sp³-hybridized carbons (Fsp3) is 0.524. The van der Waals surface area contributed by atoms with E-state index in [4.69, 9.17) is 0 Å². The van der Waals surface area contributed by atoms with Gasteiger partial charge in [-0.1, -0.05) is 0 Å². The van der Waals surface area contributed by atoms with Gasteiger partial charge in [0.05, 0.1) is 17.2 Å². The zero-order valence-electron chi connectivity index (χ0n) is 16.0. The molecule has 2 amide bonds. The molecule has 1 atom stereocenters. The molecule has 144 valence electrons. The second-order valence-electron chi connectivity index (χ2n) is 7.15. The summed E-state index contributed by atoms with van der Waals surface area (Å²) < 4.78 is 0. The molecule has 1 fully saturated rings. The monoisotopic (exact) mass is 370 g/mol. The Labute approximate surface area is 159 Å². The summed E-state index contributed by atoms with van der Waals surface area (Å²) in [6.07, 6.45) is 2.54. The van der Waals surface area contributed by atoms with E-state index in [0.29, 0.717) is 36.8 Å². The van der Waals surface area contributed by atoms with Crippen LogP contribution in [0.3, 0.4) is 0 Å². The molecule has 1 aromatic rings. The normalized spacial score (nSPS) is 21.0. The first-order chi connectivity index (χ1) is 13.0. The van der Waals surface area contributed by atoms with Gasteiger partial charge in [0.1, 0.15) is 5.78 Å². The number of ketones is 2. The summed E-state index contributed by atoms with van der Waals surface area (Å²) in [5.41, 5.74) is 1.58. The Morgan fingerprint density at radius 3 is 2.30 bits per heavy atom. The fourth-order valence-electron chi connectivity index (χ4n) is 3.96. The summed E-state index contributed by atoms with van der Waals surface area (Å²) in [6, 6.07) is 4.42. The van der Waals surface area contributed by atoms with Gasteiger partial charge in [-0.3, -0.25) is 24.1 Å². The number of carbonyl (C=O) groups excluding carboxylic acids is 4. The third-order valence-corrected chi connectivity index (χ3v) is 5.54. The molecule has 1 aliphatic carbocycles. The molecule has 27 heavy (non-hydrogen) atoms. The molecule has 1 aromatic carbocycles. The number of Topliss-reactive ketones (excluding diaryl/α,β-unsaturated/α-hetero) is 2.